The summed E-state index contributed by atoms with van der Waals surface area (Å²) in [4.78, 5) is 26.8. The number of alkyl halides is 3. The van der Waals surface area contributed by atoms with E-state index in [0.717, 1.165) is 23.3 Å². The van der Waals surface area contributed by atoms with Crippen LogP contribution in [0.3, 0.4) is 0 Å². The largest absolute Gasteiger partial charge is 0.417 e. The molecular weight excluding hydrogens is 555 g/mol. The zero-order valence-electron chi connectivity index (χ0n) is 21.0. The van der Waals surface area contributed by atoms with E-state index in [1.165, 1.54) is 12.1 Å². The van der Waals surface area contributed by atoms with Crippen molar-refractivity contribution in [3.05, 3.63) is 82.4 Å². The third-order valence-electron chi connectivity index (χ3n) is 6.30. The first-order valence-electron chi connectivity index (χ1n) is 11.9. The van der Waals surface area contributed by atoms with Crippen molar-refractivity contribution in [2.24, 2.45) is 0 Å². The van der Waals surface area contributed by atoms with Gasteiger partial charge in [-0.1, -0.05) is 35.4 Å². The molecule has 2 amide bonds. The number of sulfonamides is 1. The summed E-state index contributed by atoms with van der Waals surface area (Å²) in [5.41, 5.74) is 0.898. The Morgan fingerprint density at radius 3 is 2.36 bits per heavy atom. The summed E-state index contributed by atoms with van der Waals surface area (Å²) in [5.74, 6) is -0.836. The van der Waals surface area contributed by atoms with Gasteiger partial charge in [-0.05, 0) is 68.3 Å². The molecule has 0 saturated carbocycles. The third-order valence-corrected chi connectivity index (χ3v) is 8.41. The Morgan fingerprint density at radius 2 is 1.74 bits per heavy atom. The summed E-state index contributed by atoms with van der Waals surface area (Å²) in [6, 6.07) is 13.3. The van der Waals surface area contributed by atoms with Crippen LogP contribution in [0.2, 0.25) is 5.02 Å². The number of carbonyl (C=O) groups excluding carboxylic acids is 2. The molecule has 12 heteroatoms. The molecule has 0 unspecified atom stereocenters. The van der Waals surface area contributed by atoms with Crippen molar-refractivity contribution in [1.82, 2.24) is 0 Å². The lowest BCUT2D eigenvalue weighted by Crippen LogP contribution is -2.38. The normalized spacial score (nSPS) is 14.0. The smallest absolute Gasteiger partial charge is 0.324 e. The summed E-state index contributed by atoms with van der Waals surface area (Å²) in [7, 11) is -4.46. The van der Waals surface area contributed by atoms with Gasteiger partial charge in [0, 0.05) is 24.3 Å². The van der Waals surface area contributed by atoms with E-state index in [4.69, 9.17) is 11.6 Å². The molecule has 1 aliphatic rings. The minimum Gasteiger partial charge on any atom is -0.324 e. The fraction of sp³-hybridized carbons (Fsp3) is 0.259. The maximum Gasteiger partial charge on any atom is 0.417 e. The van der Waals surface area contributed by atoms with Crippen LogP contribution in [-0.4, -0.2) is 33.3 Å². The Morgan fingerprint density at radius 1 is 1.05 bits per heavy atom. The van der Waals surface area contributed by atoms with Gasteiger partial charge in [0.25, 0.3) is 10.0 Å². The molecule has 1 fully saturated rings. The molecular formula is C27H25ClF3N3O4S. The Balaban J connectivity index is 1.69. The van der Waals surface area contributed by atoms with Crippen LogP contribution in [0.25, 0.3) is 0 Å². The SMILES string of the molecule is Cc1ccc(S(=O)(=O)N(CC(=O)Nc2ccc(C)c(N3CCCC3=O)c2)c2ccc(Cl)c(C(F)(F)F)c2)cc1. The molecule has 0 aliphatic carbocycles. The highest BCUT2D eigenvalue weighted by Crippen LogP contribution is 2.38. The van der Waals surface area contributed by atoms with E-state index in [9.17, 15) is 31.2 Å². The van der Waals surface area contributed by atoms with Gasteiger partial charge in [-0.3, -0.25) is 13.9 Å². The highest BCUT2D eigenvalue weighted by Gasteiger charge is 2.35. The van der Waals surface area contributed by atoms with Crippen molar-refractivity contribution in [1.29, 1.82) is 0 Å². The Bertz CT molecular complexity index is 1530. The maximum absolute atomic E-state index is 13.6. The molecule has 0 bridgehead atoms. The number of anilines is 3. The number of carbonyl (C=O) groups is 2. The van der Waals surface area contributed by atoms with Crippen LogP contribution in [0.1, 0.15) is 29.5 Å². The van der Waals surface area contributed by atoms with Crippen molar-refractivity contribution in [2.75, 3.05) is 27.6 Å². The molecule has 1 heterocycles. The first-order chi connectivity index (χ1) is 18.3. The van der Waals surface area contributed by atoms with Gasteiger partial charge in [-0.2, -0.15) is 13.2 Å². The lowest BCUT2D eigenvalue weighted by atomic mass is 10.1. The second-order valence-corrected chi connectivity index (χ2v) is 11.5. The fourth-order valence-corrected chi connectivity index (χ4v) is 5.89. The Hall–Kier alpha value is -3.57. The number of hydrogen-bond acceptors (Lipinski definition) is 4. The van der Waals surface area contributed by atoms with Gasteiger partial charge in [0.1, 0.15) is 6.54 Å². The molecule has 3 aromatic rings. The zero-order valence-corrected chi connectivity index (χ0v) is 22.6. The first-order valence-corrected chi connectivity index (χ1v) is 13.8. The van der Waals surface area contributed by atoms with Gasteiger partial charge in [0.2, 0.25) is 11.8 Å². The third kappa shape index (κ3) is 6.20. The summed E-state index contributed by atoms with van der Waals surface area (Å²) in [6.45, 7) is 3.29. The monoisotopic (exact) mass is 579 g/mol. The van der Waals surface area contributed by atoms with Crippen molar-refractivity contribution >= 4 is 50.5 Å². The van der Waals surface area contributed by atoms with E-state index >= 15 is 0 Å². The van der Waals surface area contributed by atoms with E-state index in [1.807, 2.05) is 6.92 Å². The van der Waals surface area contributed by atoms with Crippen LogP contribution >= 0.6 is 11.6 Å². The van der Waals surface area contributed by atoms with Gasteiger partial charge in [-0.15, -0.1) is 0 Å². The van der Waals surface area contributed by atoms with Gasteiger partial charge < -0.3 is 10.2 Å². The second-order valence-electron chi connectivity index (χ2n) is 9.19. The van der Waals surface area contributed by atoms with E-state index in [-0.39, 0.29) is 16.5 Å². The summed E-state index contributed by atoms with van der Waals surface area (Å²) in [6.07, 6.45) is -3.72. The molecule has 0 spiro atoms. The minimum atomic E-state index is -4.85. The zero-order chi connectivity index (χ0) is 28.5. The number of nitrogens with one attached hydrogen (secondary N) is 1. The summed E-state index contributed by atoms with van der Waals surface area (Å²) in [5, 5.41) is 2.00. The molecule has 0 aromatic heterocycles. The molecule has 0 radical (unpaired) electrons. The van der Waals surface area contributed by atoms with Crippen LogP contribution < -0.4 is 14.5 Å². The molecule has 3 aromatic carbocycles. The van der Waals surface area contributed by atoms with Gasteiger partial charge >= 0.3 is 6.18 Å². The molecule has 39 heavy (non-hydrogen) atoms. The highest BCUT2D eigenvalue weighted by atomic mass is 35.5. The molecule has 4 rings (SSSR count). The van der Waals surface area contributed by atoms with Crippen LogP contribution in [0.5, 0.6) is 0 Å². The van der Waals surface area contributed by atoms with E-state index < -0.39 is 39.2 Å². The predicted molar refractivity (Wildman–Crippen MR) is 144 cm³/mol. The minimum absolute atomic E-state index is 0.0415. The predicted octanol–water partition coefficient (Wildman–Crippen LogP) is 5.94. The van der Waals surface area contributed by atoms with Crippen LogP contribution in [0.15, 0.2) is 65.6 Å². The summed E-state index contributed by atoms with van der Waals surface area (Å²) >= 11 is 5.74. The average molecular weight is 580 g/mol. The molecule has 0 atom stereocenters. The Kier molecular flexibility index (Phi) is 7.94. The average Bonchev–Trinajstić information content (AvgIpc) is 3.29. The number of amides is 2. The lowest BCUT2D eigenvalue weighted by Gasteiger charge is -2.25. The molecule has 1 aliphatic heterocycles. The van der Waals surface area contributed by atoms with E-state index in [0.29, 0.717) is 41.1 Å². The number of hydrogen-bond donors (Lipinski definition) is 1. The van der Waals surface area contributed by atoms with Crippen molar-refractivity contribution < 1.29 is 31.2 Å². The number of rotatable bonds is 7. The first kappa shape index (κ1) is 28.4. The van der Waals surface area contributed by atoms with Crippen LogP contribution in [0, 0.1) is 13.8 Å². The number of aryl methyl sites for hydroxylation is 2. The fourth-order valence-electron chi connectivity index (χ4n) is 4.25. The van der Waals surface area contributed by atoms with Crippen molar-refractivity contribution in [3.63, 3.8) is 0 Å². The van der Waals surface area contributed by atoms with Gasteiger partial charge in [0.15, 0.2) is 0 Å². The topological polar surface area (TPSA) is 86.8 Å². The molecule has 1 saturated heterocycles. The lowest BCUT2D eigenvalue weighted by molar-refractivity contribution is -0.137. The quantitative estimate of drug-likeness (QED) is 0.375. The number of benzene rings is 3. The van der Waals surface area contributed by atoms with Gasteiger partial charge in [0.05, 0.1) is 21.2 Å². The Labute approximate surface area is 229 Å². The molecule has 7 nitrogen and oxygen atoms in total. The highest BCUT2D eigenvalue weighted by molar-refractivity contribution is 7.92. The van der Waals surface area contributed by atoms with E-state index in [2.05, 4.69) is 5.32 Å². The second kappa shape index (κ2) is 10.9. The van der Waals surface area contributed by atoms with Crippen molar-refractivity contribution in [3.8, 4) is 0 Å². The number of nitrogens with zero attached hydrogens (tertiary/aromatic N) is 2. The van der Waals surface area contributed by atoms with Crippen molar-refractivity contribution in [2.45, 2.75) is 37.8 Å². The molecule has 206 valence electrons. The summed E-state index contributed by atoms with van der Waals surface area (Å²) < 4.78 is 68.5. The standard InChI is InChI=1S/C27H25ClF3N3O4S/c1-17-5-10-21(11-6-17)39(37,38)34(20-9-12-23(28)22(15-20)27(29,30)31)16-25(35)32-19-8-7-18(2)24(14-19)33-13-3-4-26(33)36/h5-12,14-15H,3-4,13,16H2,1-2H3,(H,32,35). The van der Waals surface area contributed by atoms with E-state index in [1.54, 1.807) is 42.2 Å². The molecule has 1 N–H and O–H groups in total. The van der Waals surface area contributed by atoms with Crippen LogP contribution in [-0.2, 0) is 25.8 Å². The maximum atomic E-state index is 13.6. The van der Waals surface area contributed by atoms with Gasteiger partial charge in [-0.25, -0.2) is 8.42 Å². The number of halogens is 4. The van der Waals surface area contributed by atoms with Crippen LogP contribution in [0.4, 0.5) is 30.2 Å².